The summed E-state index contributed by atoms with van der Waals surface area (Å²) in [7, 11) is 0. The largest absolute Gasteiger partial charge is 0.372 e. The maximum absolute atomic E-state index is 13.1. The zero-order chi connectivity index (χ0) is 10.3. The van der Waals surface area contributed by atoms with Gasteiger partial charge in [-0.1, -0.05) is 6.07 Å². The number of benzene rings is 1. The van der Waals surface area contributed by atoms with Gasteiger partial charge in [0.1, 0.15) is 5.82 Å². The van der Waals surface area contributed by atoms with Crippen LogP contribution in [0.5, 0.6) is 0 Å². The van der Waals surface area contributed by atoms with Crippen molar-refractivity contribution < 1.29 is 9.13 Å². The molecule has 15 heavy (non-hydrogen) atoms. The van der Waals surface area contributed by atoms with Gasteiger partial charge in [0.05, 0.1) is 12.7 Å². The molecule has 0 amide bonds. The van der Waals surface area contributed by atoms with E-state index in [0.717, 1.165) is 24.9 Å². The van der Waals surface area contributed by atoms with Crippen LogP contribution in [0.4, 0.5) is 4.39 Å². The van der Waals surface area contributed by atoms with E-state index in [2.05, 4.69) is 5.32 Å². The molecule has 0 bridgehead atoms. The summed E-state index contributed by atoms with van der Waals surface area (Å²) in [5.41, 5.74) is 2.28. The molecule has 2 aliphatic rings. The maximum atomic E-state index is 13.1. The van der Waals surface area contributed by atoms with Gasteiger partial charge in [-0.05, 0) is 42.6 Å². The van der Waals surface area contributed by atoms with Gasteiger partial charge in [-0.3, -0.25) is 0 Å². The lowest BCUT2D eigenvalue weighted by Gasteiger charge is -2.38. The van der Waals surface area contributed by atoms with Gasteiger partial charge in [-0.15, -0.1) is 0 Å². The molecule has 2 aliphatic heterocycles. The van der Waals surface area contributed by atoms with E-state index in [4.69, 9.17) is 4.74 Å². The monoisotopic (exact) mass is 207 g/mol. The molecular weight excluding hydrogens is 193 g/mol. The fraction of sp³-hybridized carbons (Fsp3) is 0.500. The van der Waals surface area contributed by atoms with Gasteiger partial charge in [0.25, 0.3) is 0 Å². The van der Waals surface area contributed by atoms with E-state index < -0.39 is 0 Å². The molecule has 1 aromatic rings. The summed E-state index contributed by atoms with van der Waals surface area (Å²) in [6.07, 6.45) is 2.11. The van der Waals surface area contributed by atoms with E-state index in [1.54, 1.807) is 6.07 Å². The topological polar surface area (TPSA) is 21.3 Å². The fourth-order valence-electron chi connectivity index (χ4n) is 2.36. The second-order valence-electron chi connectivity index (χ2n) is 4.23. The smallest absolute Gasteiger partial charge is 0.123 e. The number of rotatable bonds is 1. The molecule has 1 N–H and O–H groups in total. The summed E-state index contributed by atoms with van der Waals surface area (Å²) >= 11 is 0. The van der Waals surface area contributed by atoms with E-state index in [1.807, 2.05) is 6.07 Å². The van der Waals surface area contributed by atoms with Crippen molar-refractivity contribution in [3.63, 3.8) is 0 Å². The van der Waals surface area contributed by atoms with E-state index >= 15 is 0 Å². The number of halogens is 1. The number of ether oxygens (including phenoxy) is 1. The highest BCUT2D eigenvalue weighted by molar-refractivity contribution is 5.33. The Morgan fingerprint density at radius 3 is 3.00 bits per heavy atom. The molecule has 0 spiro atoms. The predicted molar refractivity (Wildman–Crippen MR) is 55.2 cm³/mol. The predicted octanol–water partition coefficient (Wildman–Crippen LogP) is 1.80. The number of nitrogens with one attached hydrogen (secondary N) is 1. The Hall–Kier alpha value is -0.930. The average Bonchev–Trinajstić information content (AvgIpc) is 2.15. The molecule has 80 valence electrons. The van der Waals surface area contributed by atoms with Crippen molar-refractivity contribution >= 4 is 0 Å². The second-order valence-corrected chi connectivity index (χ2v) is 4.23. The Bertz CT molecular complexity index is 376. The first-order valence-electron chi connectivity index (χ1n) is 5.48. The van der Waals surface area contributed by atoms with E-state index in [0.29, 0.717) is 12.6 Å². The van der Waals surface area contributed by atoms with E-state index in [1.165, 1.54) is 11.6 Å². The molecular formula is C12H14FNO. The minimum atomic E-state index is -0.143. The van der Waals surface area contributed by atoms with Crippen LogP contribution in [0.15, 0.2) is 18.2 Å². The second kappa shape index (κ2) is 3.58. The Labute approximate surface area is 88.4 Å². The van der Waals surface area contributed by atoms with Gasteiger partial charge in [0.2, 0.25) is 0 Å². The van der Waals surface area contributed by atoms with Crippen LogP contribution in [0.1, 0.15) is 23.7 Å². The first kappa shape index (κ1) is 9.31. The van der Waals surface area contributed by atoms with Crippen molar-refractivity contribution in [3.8, 4) is 0 Å². The lowest BCUT2D eigenvalue weighted by atomic mass is 9.89. The fourth-order valence-corrected chi connectivity index (χ4v) is 2.36. The van der Waals surface area contributed by atoms with Crippen LogP contribution in [0.3, 0.4) is 0 Å². The van der Waals surface area contributed by atoms with Crippen LogP contribution in [-0.4, -0.2) is 19.2 Å². The molecule has 0 radical (unpaired) electrons. The van der Waals surface area contributed by atoms with Gasteiger partial charge in [0.15, 0.2) is 0 Å². The van der Waals surface area contributed by atoms with Crippen LogP contribution in [0.2, 0.25) is 0 Å². The van der Waals surface area contributed by atoms with E-state index in [-0.39, 0.29) is 11.9 Å². The normalized spacial score (nSPS) is 29.4. The molecule has 2 heterocycles. The van der Waals surface area contributed by atoms with Crippen molar-refractivity contribution in [2.24, 2.45) is 0 Å². The van der Waals surface area contributed by atoms with Crippen LogP contribution >= 0.6 is 0 Å². The van der Waals surface area contributed by atoms with Gasteiger partial charge in [0, 0.05) is 6.04 Å². The Balaban J connectivity index is 1.95. The third-order valence-corrected chi connectivity index (χ3v) is 3.31. The van der Waals surface area contributed by atoms with Crippen LogP contribution in [0.25, 0.3) is 0 Å². The molecule has 2 nitrogen and oxygen atoms in total. The van der Waals surface area contributed by atoms with E-state index in [9.17, 15) is 4.39 Å². The Morgan fingerprint density at radius 2 is 2.27 bits per heavy atom. The summed E-state index contributed by atoms with van der Waals surface area (Å²) in [5, 5.41) is 3.35. The van der Waals surface area contributed by atoms with Crippen LogP contribution < -0.4 is 5.32 Å². The minimum Gasteiger partial charge on any atom is -0.372 e. The zero-order valence-corrected chi connectivity index (χ0v) is 8.50. The van der Waals surface area contributed by atoms with Crippen molar-refractivity contribution in [2.45, 2.75) is 25.0 Å². The average molecular weight is 207 g/mol. The summed E-state index contributed by atoms with van der Waals surface area (Å²) in [6, 6.07) is 5.46. The molecule has 1 saturated heterocycles. The molecule has 3 heteroatoms. The highest BCUT2D eigenvalue weighted by atomic mass is 19.1. The van der Waals surface area contributed by atoms with Gasteiger partial charge < -0.3 is 10.1 Å². The standard InChI is InChI=1S/C12H14FNO/c13-9-1-2-10-8(7-9)4-6-15-12(10)11-3-5-14-11/h1-2,7,11-12,14H,3-6H2/t11-,12-/m0/s1. The zero-order valence-electron chi connectivity index (χ0n) is 8.50. The SMILES string of the molecule is Fc1ccc2c(c1)CCO[C@@H]2[C@@H]1CCN1. The Kier molecular flexibility index (Phi) is 2.22. The lowest BCUT2D eigenvalue weighted by molar-refractivity contribution is -0.00159. The number of hydrogen-bond acceptors (Lipinski definition) is 2. The molecule has 1 aromatic carbocycles. The van der Waals surface area contributed by atoms with Crippen LogP contribution in [-0.2, 0) is 11.2 Å². The minimum absolute atomic E-state index is 0.128. The van der Waals surface area contributed by atoms with Gasteiger partial charge >= 0.3 is 0 Å². The van der Waals surface area contributed by atoms with Crippen molar-refractivity contribution in [1.29, 1.82) is 0 Å². The van der Waals surface area contributed by atoms with Gasteiger partial charge in [-0.25, -0.2) is 4.39 Å². The van der Waals surface area contributed by atoms with Gasteiger partial charge in [-0.2, -0.15) is 0 Å². The molecule has 0 unspecified atom stereocenters. The highest BCUT2D eigenvalue weighted by Gasteiger charge is 2.32. The number of hydrogen-bond donors (Lipinski definition) is 1. The highest BCUT2D eigenvalue weighted by Crippen LogP contribution is 2.33. The molecule has 3 rings (SSSR count). The van der Waals surface area contributed by atoms with Crippen molar-refractivity contribution in [2.75, 3.05) is 13.2 Å². The summed E-state index contributed by atoms with van der Waals surface area (Å²) < 4.78 is 18.8. The third-order valence-electron chi connectivity index (χ3n) is 3.31. The first-order valence-corrected chi connectivity index (χ1v) is 5.48. The molecule has 0 aliphatic carbocycles. The Morgan fingerprint density at radius 1 is 1.40 bits per heavy atom. The summed E-state index contributed by atoms with van der Waals surface area (Å²) in [4.78, 5) is 0. The first-order chi connectivity index (χ1) is 7.34. The van der Waals surface area contributed by atoms with Crippen molar-refractivity contribution in [1.82, 2.24) is 5.32 Å². The summed E-state index contributed by atoms with van der Waals surface area (Å²) in [5.74, 6) is -0.143. The third kappa shape index (κ3) is 1.56. The maximum Gasteiger partial charge on any atom is 0.123 e. The quantitative estimate of drug-likeness (QED) is 0.758. The molecule has 1 fully saturated rings. The van der Waals surface area contributed by atoms with Crippen LogP contribution in [0, 0.1) is 5.82 Å². The van der Waals surface area contributed by atoms with Crippen molar-refractivity contribution in [3.05, 3.63) is 35.1 Å². The number of fused-ring (bicyclic) bond motifs is 1. The molecule has 0 aromatic heterocycles. The summed E-state index contributed by atoms with van der Waals surface area (Å²) in [6.45, 7) is 1.78. The molecule has 2 atom stereocenters. The molecule has 0 saturated carbocycles. The lowest BCUT2D eigenvalue weighted by Crippen LogP contribution is -2.48.